The van der Waals surface area contributed by atoms with Crippen LogP contribution in [0.1, 0.15) is 25.7 Å². The summed E-state index contributed by atoms with van der Waals surface area (Å²) in [6.45, 7) is 1.21. The number of aliphatic carboxylic acids is 1. The van der Waals surface area contributed by atoms with E-state index >= 15 is 0 Å². The topological polar surface area (TPSA) is 75.6 Å². The monoisotopic (exact) mass is 213 g/mol. The van der Waals surface area contributed by atoms with Gasteiger partial charge in [-0.25, -0.2) is 0 Å². The van der Waals surface area contributed by atoms with Crippen LogP contribution in [0.5, 0.6) is 0 Å². The minimum atomic E-state index is -0.857. The second kappa shape index (κ2) is 3.81. The molecule has 2 rings (SSSR count). The third-order valence-electron chi connectivity index (χ3n) is 3.32. The molecule has 2 N–H and O–H groups in total. The van der Waals surface area contributed by atoms with E-state index in [4.69, 9.17) is 9.84 Å². The molecular formula is C10H15NO4. The molecule has 5 nitrogen and oxygen atoms in total. The van der Waals surface area contributed by atoms with Crippen LogP contribution >= 0.6 is 0 Å². The van der Waals surface area contributed by atoms with Crippen molar-refractivity contribution in [3.8, 4) is 0 Å². The molecule has 1 unspecified atom stereocenters. The molecule has 1 amide bonds. The molecular weight excluding hydrogens is 198 g/mol. The highest BCUT2D eigenvalue weighted by molar-refractivity contribution is 5.86. The van der Waals surface area contributed by atoms with Crippen LogP contribution in [-0.4, -0.2) is 36.2 Å². The van der Waals surface area contributed by atoms with Crippen LogP contribution in [0.15, 0.2) is 0 Å². The lowest BCUT2D eigenvalue weighted by Gasteiger charge is -2.30. The summed E-state index contributed by atoms with van der Waals surface area (Å²) in [6, 6.07) is -0.201. The van der Waals surface area contributed by atoms with Crippen LogP contribution in [0.4, 0.5) is 0 Å². The fourth-order valence-electron chi connectivity index (χ4n) is 2.48. The summed E-state index contributed by atoms with van der Waals surface area (Å²) in [6.07, 6.45) is 2.10. The molecule has 0 aromatic rings. The molecule has 0 radical (unpaired) electrons. The third-order valence-corrected chi connectivity index (χ3v) is 3.32. The van der Waals surface area contributed by atoms with Crippen molar-refractivity contribution >= 4 is 11.9 Å². The second-order valence-corrected chi connectivity index (χ2v) is 4.37. The first-order valence-corrected chi connectivity index (χ1v) is 5.23. The number of amides is 1. The highest BCUT2D eigenvalue weighted by Gasteiger charge is 2.47. The molecule has 0 aromatic heterocycles. The number of carbonyl (C=O) groups is 2. The van der Waals surface area contributed by atoms with E-state index in [-0.39, 0.29) is 23.8 Å². The molecule has 2 saturated heterocycles. The molecule has 1 atom stereocenters. The second-order valence-electron chi connectivity index (χ2n) is 4.37. The smallest absolute Gasteiger partial charge is 0.305 e. The maximum atomic E-state index is 11.8. The average Bonchev–Trinajstić information content (AvgIpc) is 2.43. The van der Waals surface area contributed by atoms with E-state index in [1.54, 1.807) is 0 Å². The van der Waals surface area contributed by atoms with E-state index < -0.39 is 5.97 Å². The molecule has 0 saturated carbocycles. The molecule has 0 aliphatic carbocycles. The Morgan fingerprint density at radius 3 is 2.80 bits per heavy atom. The van der Waals surface area contributed by atoms with Gasteiger partial charge in [0.15, 0.2) is 0 Å². The molecule has 2 heterocycles. The van der Waals surface area contributed by atoms with Crippen molar-refractivity contribution in [3.63, 3.8) is 0 Å². The Balaban J connectivity index is 2.02. The Kier molecular flexibility index (Phi) is 2.65. The van der Waals surface area contributed by atoms with Crippen molar-refractivity contribution < 1.29 is 19.4 Å². The summed E-state index contributed by atoms with van der Waals surface area (Å²) in [7, 11) is 0. The minimum absolute atomic E-state index is 0.0112. The van der Waals surface area contributed by atoms with Crippen LogP contribution < -0.4 is 5.32 Å². The zero-order valence-electron chi connectivity index (χ0n) is 8.49. The van der Waals surface area contributed by atoms with Gasteiger partial charge in [0.1, 0.15) is 0 Å². The van der Waals surface area contributed by atoms with E-state index in [0.29, 0.717) is 19.6 Å². The molecule has 0 aromatic carbocycles. The molecule has 2 fully saturated rings. The van der Waals surface area contributed by atoms with Crippen molar-refractivity contribution in [3.05, 3.63) is 0 Å². The van der Waals surface area contributed by atoms with Gasteiger partial charge in [0.25, 0.3) is 0 Å². The van der Waals surface area contributed by atoms with Crippen LogP contribution in [0.3, 0.4) is 0 Å². The summed E-state index contributed by atoms with van der Waals surface area (Å²) < 4.78 is 5.22. The number of nitrogens with one attached hydrogen (secondary N) is 1. The van der Waals surface area contributed by atoms with Gasteiger partial charge in [-0.2, -0.15) is 0 Å². The van der Waals surface area contributed by atoms with E-state index in [0.717, 1.165) is 12.8 Å². The molecule has 5 heteroatoms. The zero-order valence-corrected chi connectivity index (χ0v) is 8.49. The van der Waals surface area contributed by atoms with E-state index in [9.17, 15) is 9.59 Å². The molecule has 1 spiro atoms. The average molecular weight is 213 g/mol. The van der Waals surface area contributed by atoms with Crippen molar-refractivity contribution in [2.75, 3.05) is 13.2 Å². The van der Waals surface area contributed by atoms with Crippen LogP contribution in [0, 0.1) is 5.41 Å². The normalized spacial score (nSPS) is 29.1. The summed E-state index contributed by atoms with van der Waals surface area (Å²) in [4.78, 5) is 22.3. The number of hydrogen-bond donors (Lipinski definition) is 2. The highest BCUT2D eigenvalue weighted by Crippen LogP contribution is 2.40. The van der Waals surface area contributed by atoms with Gasteiger partial charge in [-0.15, -0.1) is 0 Å². The van der Waals surface area contributed by atoms with E-state index in [2.05, 4.69) is 5.32 Å². The predicted octanol–water partition coefficient (Wildman–Crippen LogP) is 0.146. The van der Waals surface area contributed by atoms with Gasteiger partial charge in [0.2, 0.25) is 5.91 Å². The Bertz CT molecular complexity index is 283. The molecule has 0 bridgehead atoms. The number of carboxylic acids is 1. The first-order chi connectivity index (χ1) is 7.12. The fourth-order valence-corrected chi connectivity index (χ4v) is 2.48. The largest absolute Gasteiger partial charge is 0.481 e. The summed E-state index contributed by atoms with van der Waals surface area (Å²) in [5.41, 5.74) is -0.349. The van der Waals surface area contributed by atoms with E-state index in [1.165, 1.54) is 0 Å². The van der Waals surface area contributed by atoms with E-state index in [1.807, 2.05) is 0 Å². The SMILES string of the molecule is O=C(O)CC1CC2(CCOCC2)C(=O)N1. The predicted molar refractivity (Wildman–Crippen MR) is 51.3 cm³/mol. The first-order valence-electron chi connectivity index (χ1n) is 5.23. The van der Waals surface area contributed by atoms with Gasteiger partial charge in [-0.1, -0.05) is 0 Å². The van der Waals surface area contributed by atoms with Crippen LogP contribution in [-0.2, 0) is 14.3 Å². The van der Waals surface area contributed by atoms with Crippen molar-refractivity contribution in [2.45, 2.75) is 31.7 Å². The maximum Gasteiger partial charge on any atom is 0.305 e. The van der Waals surface area contributed by atoms with Gasteiger partial charge >= 0.3 is 5.97 Å². The standard InChI is InChI=1S/C10H15NO4/c12-8(13)5-7-6-10(9(14)11-7)1-3-15-4-2-10/h7H,1-6H2,(H,11,14)(H,12,13). The van der Waals surface area contributed by atoms with Gasteiger partial charge in [-0.3, -0.25) is 9.59 Å². The number of hydrogen-bond acceptors (Lipinski definition) is 3. The maximum absolute atomic E-state index is 11.8. The minimum Gasteiger partial charge on any atom is -0.481 e. The highest BCUT2D eigenvalue weighted by atomic mass is 16.5. The van der Waals surface area contributed by atoms with Gasteiger partial charge in [0.05, 0.1) is 11.8 Å². The van der Waals surface area contributed by atoms with Crippen molar-refractivity contribution in [1.82, 2.24) is 5.32 Å². The number of ether oxygens (including phenoxy) is 1. The Labute approximate surface area is 87.8 Å². The Morgan fingerprint density at radius 2 is 2.20 bits per heavy atom. The molecule has 84 valence electrons. The molecule has 2 aliphatic heterocycles. The molecule has 15 heavy (non-hydrogen) atoms. The Morgan fingerprint density at radius 1 is 1.53 bits per heavy atom. The molecule has 2 aliphatic rings. The van der Waals surface area contributed by atoms with Crippen molar-refractivity contribution in [1.29, 1.82) is 0 Å². The number of rotatable bonds is 2. The summed E-state index contributed by atoms with van der Waals surface area (Å²) >= 11 is 0. The van der Waals surface area contributed by atoms with Gasteiger partial charge in [-0.05, 0) is 19.3 Å². The number of carboxylic acid groups (broad SMARTS) is 1. The first kappa shape index (κ1) is 10.4. The lowest BCUT2D eigenvalue weighted by Crippen LogP contribution is -2.36. The van der Waals surface area contributed by atoms with Crippen molar-refractivity contribution in [2.24, 2.45) is 5.41 Å². The quantitative estimate of drug-likeness (QED) is 0.684. The van der Waals surface area contributed by atoms with Crippen LogP contribution in [0.2, 0.25) is 0 Å². The number of carbonyl (C=O) groups excluding carboxylic acids is 1. The Hall–Kier alpha value is -1.10. The zero-order chi connectivity index (χ0) is 10.9. The summed E-state index contributed by atoms with van der Waals surface area (Å²) in [5, 5.41) is 11.4. The van der Waals surface area contributed by atoms with Gasteiger partial charge in [0, 0.05) is 19.3 Å². The van der Waals surface area contributed by atoms with Crippen LogP contribution in [0.25, 0.3) is 0 Å². The summed E-state index contributed by atoms with van der Waals surface area (Å²) in [5.74, 6) is -0.846. The lowest BCUT2D eigenvalue weighted by atomic mass is 9.77. The lowest BCUT2D eigenvalue weighted by molar-refractivity contribution is -0.137. The third kappa shape index (κ3) is 1.97. The fraction of sp³-hybridized carbons (Fsp3) is 0.800. The van der Waals surface area contributed by atoms with Gasteiger partial charge < -0.3 is 15.2 Å².